The lowest BCUT2D eigenvalue weighted by Crippen LogP contribution is -2.44. The lowest BCUT2D eigenvalue weighted by Gasteiger charge is -2.34. The highest BCUT2D eigenvalue weighted by Crippen LogP contribution is 2.42. The van der Waals surface area contributed by atoms with E-state index in [1.807, 2.05) is 6.92 Å². The Kier molecular flexibility index (Phi) is 4.24. The number of phenolic OH excluding ortho intramolecular Hbond substituents is 2. The zero-order chi connectivity index (χ0) is 20.1. The molecule has 3 aromatic rings. The highest BCUT2D eigenvalue weighted by molar-refractivity contribution is 5.83. The molecular weight excluding hydrogens is 364 g/mol. The highest BCUT2D eigenvalue weighted by atomic mass is 16.3. The third-order valence-electron chi connectivity index (χ3n) is 6.23. The second kappa shape index (κ2) is 6.81. The van der Waals surface area contributed by atoms with Gasteiger partial charge in [0.25, 0.3) is 0 Å². The minimum absolute atomic E-state index is 0.0634. The monoisotopic (exact) mass is 390 g/mol. The molecule has 0 amide bonds. The van der Waals surface area contributed by atoms with Gasteiger partial charge in [-0.1, -0.05) is 12.1 Å². The molecule has 0 spiro atoms. The fourth-order valence-corrected chi connectivity index (χ4v) is 4.49. The molecule has 0 saturated carbocycles. The average molecular weight is 390 g/mol. The zero-order valence-corrected chi connectivity index (χ0v) is 16.9. The van der Waals surface area contributed by atoms with Crippen molar-refractivity contribution >= 4 is 5.69 Å². The summed E-state index contributed by atoms with van der Waals surface area (Å²) in [6.45, 7) is 7.11. The van der Waals surface area contributed by atoms with Crippen LogP contribution in [0.15, 0.2) is 36.4 Å². The van der Waals surface area contributed by atoms with Crippen molar-refractivity contribution in [3.63, 3.8) is 0 Å². The van der Waals surface area contributed by atoms with Gasteiger partial charge in [-0.2, -0.15) is 0 Å². The average Bonchev–Trinajstić information content (AvgIpc) is 3.07. The molecule has 0 atom stereocenters. The Labute approximate surface area is 170 Å². The van der Waals surface area contributed by atoms with Crippen molar-refractivity contribution in [1.82, 2.24) is 14.5 Å². The predicted molar refractivity (Wildman–Crippen MR) is 115 cm³/mol. The van der Waals surface area contributed by atoms with Gasteiger partial charge in [0.1, 0.15) is 5.82 Å². The predicted octanol–water partition coefficient (Wildman–Crippen LogP) is 3.24. The molecule has 1 fully saturated rings. The Bertz CT molecular complexity index is 1060. The number of fused-ring (bicyclic) bond motifs is 3. The van der Waals surface area contributed by atoms with Gasteiger partial charge in [-0.15, -0.1) is 0 Å². The van der Waals surface area contributed by atoms with Crippen LogP contribution in [-0.4, -0.2) is 57.9 Å². The number of aryl methyl sites for hydroxylation is 2. The fraction of sp³-hybridized carbons (Fsp3) is 0.348. The van der Waals surface area contributed by atoms with Gasteiger partial charge in [0.05, 0.1) is 11.4 Å². The number of aromatic nitrogens is 2. The number of imidazole rings is 1. The normalized spacial score (nSPS) is 16.6. The van der Waals surface area contributed by atoms with Crippen molar-refractivity contribution in [3.05, 3.63) is 47.8 Å². The van der Waals surface area contributed by atoms with Crippen LogP contribution in [0.1, 0.15) is 11.4 Å². The summed E-state index contributed by atoms with van der Waals surface area (Å²) in [6.07, 6.45) is 0.815. The lowest BCUT2D eigenvalue weighted by molar-refractivity contribution is 0.313. The molecule has 29 heavy (non-hydrogen) atoms. The van der Waals surface area contributed by atoms with Crippen LogP contribution in [-0.2, 0) is 13.0 Å². The molecule has 1 aromatic heterocycles. The molecular formula is C23H26N4O2. The molecule has 0 radical (unpaired) electrons. The number of hydrogen-bond acceptors (Lipinski definition) is 5. The second-order valence-electron chi connectivity index (χ2n) is 8.09. The topological polar surface area (TPSA) is 64.8 Å². The third-order valence-corrected chi connectivity index (χ3v) is 6.23. The maximum Gasteiger partial charge on any atom is 0.158 e. The van der Waals surface area contributed by atoms with E-state index in [4.69, 9.17) is 4.98 Å². The van der Waals surface area contributed by atoms with Crippen LogP contribution in [0.5, 0.6) is 11.5 Å². The van der Waals surface area contributed by atoms with E-state index in [0.29, 0.717) is 0 Å². The highest BCUT2D eigenvalue weighted by Gasteiger charge is 2.25. The Hall–Kier alpha value is -2.99. The van der Waals surface area contributed by atoms with Gasteiger partial charge in [0.2, 0.25) is 0 Å². The Morgan fingerprint density at radius 2 is 1.59 bits per heavy atom. The van der Waals surface area contributed by atoms with Crippen LogP contribution in [0, 0.1) is 6.92 Å². The first-order chi connectivity index (χ1) is 14.0. The number of likely N-dealkylation sites (N-methyl/N-ethyl adjacent to an activating group) is 1. The number of anilines is 1. The number of rotatable bonds is 2. The zero-order valence-electron chi connectivity index (χ0n) is 16.9. The molecule has 5 rings (SSSR count). The van der Waals surface area contributed by atoms with Crippen LogP contribution in [0.25, 0.3) is 22.5 Å². The van der Waals surface area contributed by atoms with E-state index in [2.05, 4.69) is 45.7 Å². The molecule has 1 saturated heterocycles. The summed E-state index contributed by atoms with van der Waals surface area (Å²) >= 11 is 0. The molecule has 2 aliphatic rings. The third kappa shape index (κ3) is 3.04. The second-order valence-corrected chi connectivity index (χ2v) is 8.09. The van der Waals surface area contributed by atoms with E-state index in [1.165, 1.54) is 5.69 Å². The molecule has 0 unspecified atom stereocenters. The molecule has 2 aliphatic heterocycles. The summed E-state index contributed by atoms with van der Waals surface area (Å²) in [5, 5.41) is 20.0. The number of aromatic hydroxyl groups is 2. The quantitative estimate of drug-likeness (QED) is 0.658. The maximum atomic E-state index is 10.1. The first-order valence-electron chi connectivity index (χ1n) is 10.2. The summed E-state index contributed by atoms with van der Waals surface area (Å²) in [4.78, 5) is 9.65. The van der Waals surface area contributed by atoms with Crippen LogP contribution in [0.3, 0.4) is 0 Å². The van der Waals surface area contributed by atoms with Gasteiger partial charge < -0.3 is 24.6 Å². The van der Waals surface area contributed by atoms with Gasteiger partial charge in [-0.25, -0.2) is 4.98 Å². The van der Waals surface area contributed by atoms with Gasteiger partial charge in [0, 0.05) is 49.5 Å². The molecule has 6 nitrogen and oxygen atoms in total. The van der Waals surface area contributed by atoms with Crippen LogP contribution in [0.4, 0.5) is 5.69 Å². The summed E-state index contributed by atoms with van der Waals surface area (Å²) < 4.78 is 2.21. The lowest BCUT2D eigenvalue weighted by atomic mass is 9.94. The van der Waals surface area contributed by atoms with E-state index >= 15 is 0 Å². The SMILES string of the molecule is Cc1nc(-c2ccc(N3CCN(C)CC3)cc2)c2n1CCc1cc(O)c(O)cc1-2. The minimum atomic E-state index is -0.0904. The van der Waals surface area contributed by atoms with Gasteiger partial charge >= 0.3 is 0 Å². The van der Waals surface area contributed by atoms with E-state index < -0.39 is 0 Å². The Morgan fingerprint density at radius 3 is 2.31 bits per heavy atom. The van der Waals surface area contributed by atoms with E-state index in [1.54, 1.807) is 12.1 Å². The number of phenols is 2. The molecule has 6 heteroatoms. The first kappa shape index (κ1) is 18.1. The van der Waals surface area contributed by atoms with Gasteiger partial charge in [-0.3, -0.25) is 0 Å². The summed E-state index contributed by atoms with van der Waals surface area (Å²) in [5.41, 5.74) is 6.26. The molecule has 2 N–H and O–H groups in total. The molecule has 150 valence electrons. The molecule has 0 bridgehead atoms. The summed E-state index contributed by atoms with van der Waals surface area (Å²) in [5.74, 6) is 0.815. The number of hydrogen-bond donors (Lipinski definition) is 2. The van der Waals surface area contributed by atoms with Crippen molar-refractivity contribution in [3.8, 4) is 34.0 Å². The van der Waals surface area contributed by atoms with Crippen molar-refractivity contribution in [2.75, 3.05) is 38.1 Å². The maximum absolute atomic E-state index is 10.1. The number of benzene rings is 2. The Morgan fingerprint density at radius 1 is 0.897 bits per heavy atom. The standard InChI is InChI=1S/C23H26N4O2/c1-15-24-22(16-3-5-18(6-4-16)26-11-9-25(2)10-12-26)23-19-14-21(29)20(28)13-17(19)7-8-27(15)23/h3-6,13-14,28-29H,7-12H2,1-2H3. The van der Waals surface area contributed by atoms with E-state index in [-0.39, 0.29) is 11.5 Å². The molecule has 2 aromatic carbocycles. The minimum Gasteiger partial charge on any atom is -0.504 e. The van der Waals surface area contributed by atoms with Crippen LogP contribution < -0.4 is 4.90 Å². The molecule has 0 aliphatic carbocycles. The van der Waals surface area contributed by atoms with E-state index in [9.17, 15) is 10.2 Å². The number of nitrogens with zero attached hydrogens (tertiary/aromatic N) is 4. The summed E-state index contributed by atoms with van der Waals surface area (Å²) in [6, 6.07) is 12.0. The van der Waals surface area contributed by atoms with Crippen LogP contribution >= 0.6 is 0 Å². The van der Waals surface area contributed by atoms with Crippen molar-refractivity contribution in [1.29, 1.82) is 0 Å². The first-order valence-corrected chi connectivity index (χ1v) is 10.2. The van der Waals surface area contributed by atoms with Crippen molar-refractivity contribution in [2.24, 2.45) is 0 Å². The number of piperazine rings is 1. The Balaban J connectivity index is 1.54. The van der Waals surface area contributed by atoms with Gasteiger partial charge in [-0.05, 0) is 50.2 Å². The molecule has 3 heterocycles. The fourth-order valence-electron chi connectivity index (χ4n) is 4.49. The summed E-state index contributed by atoms with van der Waals surface area (Å²) in [7, 11) is 2.17. The van der Waals surface area contributed by atoms with Crippen molar-refractivity contribution < 1.29 is 10.2 Å². The van der Waals surface area contributed by atoms with E-state index in [0.717, 1.165) is 73.0 Å². The van der Waals surface area contributed by atoms with Crippen LogP contribution in [0.2, 0.25) is 0 Å². The smallest absolute Gasteiger partial charge is 0.158 e. The largest absolute Gasteiger partial charge is 0.504 e. The van der Waals surface area contributed by atoms with Gasteiger partial charge in [0.15, 0.2) is 11.5 Å². The van der Waals surface area contributed by atoms with Crippen molar-refractivity contribution in [2.45, 2.75) is 19.9 Å².